The van der Waals surface area contributed by atoms with E-state index in [2.05, 4.69) is 5.32 Å². The number of carbonyl (C=O) groups excluding carboxylic acids is 1. The summed E-state index contributed by atoms with van der Waals surface area (Å²) < 4.78 is 2.01. The average Bonchev–Trinajstić information content (AvgIpc) is 3.18. The van der Waals surface area contributed by atoms with Gasteiger partial charge in [0, 0.05) is 18.8 Å². The molecule has 4 aromatic rings. The summed E-state index contributed by atoms with van der Waals surface area (Å²) in [5.74, 6) is 0.243. The number of hydrogen-bond donors (Lipinski definition) is 1. The molecule has 1 unspecified atom stereocenters. The van der Waals surface area contributed by atoms with Gasteiger partial charge in [-0.05, 0) is 49.1 Å². The van der Waals surface area contributed by atoms with E-state index in [1.807, 2.05) is 86.6 Å². The molecule has 1 aliphatic heterocycles. The summed E-state index contributed by atoms with van der Waals surface area (Å²) in [6.07, 6.45) is 4.03. The maximum absolute atomic E-state index is 13.7. The number of pyridine rings is 1. The highest BCUT2D eigenvalue weighted by molar-refractivity contribution is 8.26. The van der Waals surface area contributed by atoms with Gasteiger partial charge in [-0.1, -0.05) is 90.7 Å². The summed E-state index contributed by atoms with van der Waals surface area (Å²) in [5.41, 5.74) is 3.74. The molecule has 1 fully saturated rings. The minimum atomic E-state index is -0.244. The van der Waals surface area contributed by atoms with Crippen LogP contribution in [0.1, 0.15) is 35.2 Å². The Kier molecular flexibility index (Phi) is 7.21. The molecule has 0 spiro atoms. The number of amides is 1. The Bertz CT molecular complexity index is 1570. The first-order valence-electron chi connectivity index (χ1n) is 12.0. The fraction of sp³-hybridized carbons (Fsp3) is 0.172. The number of rotatable bonds is 7. The summed E-state index contributed by atoms with van der Waals surface area (Å²) in [6.45, 7) is 4.42. The molecular weight excluding hydrogens is 500 g/mol. The maximum Gasteiger partial charge on any atom is 0.267 e. The lowest BCUT2D eigenvalue weighted by Crippen LogP contribution is -2.30. The van der Waals surface area contributed by atoms with Crippen molar-refractivity contribution in [3.63, 3.8) is 0 Å². The number of fused-ring (bicyclic) bond motifs is 1. The number of benzene rings is 2. The molecule has 3 heterocycles. The third-order valence-electron chi connectivity index (χ3n) is 6.35. The molecule has 0 radical (unpaired) electrons. The predicted octanol–water partition coefficient (Wildman–Crippen LogP) is 5.62. The fourth-order valence-corrected chi connectivity index (χ4v) is 5.58. The lowest BCUT2D eigenvalue weighted by atomic mass is 10.1. The van der Waals surface area contributed by atoms with Gasteiger partial charge in [0.1, 0.15) is 15.8 Å². The lowest BCUT2D eigenvalue weighted by Gasteiger charge is -2.18. The van der Waals surface area contributed by atoms with E-state index in [0.717, 1.165) is 16.7 Å². The number of carbonyl (C=O) groups is 1. The fourth-order valence-electron chi connectivity index (χ4n) is 4.29. The molecule has 1 aliphatic rings. The third kappa shape index (κ3) is 5.21. The van der Waals surface area contributed by atoms with Crippen molar-refractivity contribution in [3.8, 4) is 0 Å². The molecule has 5 rings (SSSR count). The second-order valence-corrected chi connectivity index (χ2v) is 10.6. The van der Waals surface area contributed by atoms with Gasteiger partial charge in [0.25, 0.3) is 11.5 Å². The first kappa shape index (κ1) is 24.9. The van der Waals surface area contributed by atoms with Crippen LogP contribution in [-0.2, 0) is 11.2 Å². The zero-order valence-electron chi connectivity index (χ0n) is 20.5. The van der Waals surface area contributed by atoms with Crippen molar-refractivity contribution in [2.24, 2.45) is 0 Å². The van der Waals surface area contributed by atoms with Gasteiger partial charge in [0.05, 0.1) is 10.5 Å². The van der Waals surface area contributed by atoms with E-state index >= 15 is 0 Å². The second kappa shape index (κ2) is 10.7. The summed E-state index contributed by atoms with van der Waals surface area (Å²) >= 11 is 6.75. The van der Waals surface area contributed by atoms with Crippen LogP contribution in [0.2, 0.25) is 0 Å². The SMILES string of the molecule is Cc1cccn2c(=O)c(/C=C3\SC(=S)N(CCc4ccccc4)C3=O)c(NC(C)c3ccccc3)nc12. The van der Waals surface area contributed by atoms with E-state index in [4.69, 9.17) is 17.2 Å². The molecule has 6 nitrogen and oxygen atoms in total. The van der Waals surface area contributed by atoms with Crippen molar-refractivity contribution in [3.05, 3.63) is 117 Å². The minimum absolute atomic E-state index is 0.105. The van der Waals surface area contributed by atoms with Crippen LogP contribution in [0.5, 0.6) is 0 Å². The van der Waals surface area contributed by atoms with Crippen molar-refractivity contribution in [1.82, 2.24) is 14.3 Å². The van der Waals surface area contributed by atoms with Crippen molar-refractivity contribution in [1.29, 1.82) is 0 Å². The molecule has 37 heavy (non-hydrogen) atoms. The smallest absolute Gasteiger partial charge is 0.267 e. The van der Waals surface area contributed by atoms with Crippen LogP contribution in [0, 0.1) is 6.92 Å². The first-order chi connectivity index (χ1) is 17.9. The van der Waals surface area contributed by atoms with E-state index in [0.29, 0.717) is 39.2 Å². The van der Waals surface area contributed by atoms with Crippen LogP contribution in [-0.4, -0.2) is 31.1 Å². The Labute approximate surface area is 225 Å². The van der Waals surface area contributed by atoms with Crippen LogP contribution >= 0.6 is 24.0 Å². The van der Waals surface area contributed by atoms with Crippen molar-refractivity contribution in [2.75, 3.05) is 11.9 Å². The monoisotopic (exact) mass is 526 g/mol. The summed E-state index contributed by atoms with van der Waals surface area (Å²) in [4.78, 5) is 33.8. The van der Waals surface area contributed by atoms with Crippen LogP contribution in [0.3, 0.4) is 0 Å². The normalized spacial score (nSPS) is 15.5. The Morgan fingerprint density at radius 1 is 1.03 bits per heavy atom. The van der Waals surface area contributed by atoms with Crippen LogP contribution in [0.15, 0.2) is 88.7 Å². The van der Waals surface area contributed by atoms with Gasteiger partial charge in [-0.3, -0.25) is 18.9 Å². The number of thioether (sulfide) groups is 1. The van der Waals surface area contributed by atoms with Crippen LogP contribution < -0.4 is 10.9 Å². The third-order valence-corrected chi connectivity index (χ3v) is 7.73. The predicted molar refractivity (Wildman–Crippen MR) is 155 cm³/mol. The standard InChI is InChI=1S/C29H26N4O2S2/c1-19-10-9-16-32-26(19)31-25(30-20(2)22-13-7-4-8-14-22)23(27(32)34)18-24-28(35)33(29(36)37-24)17-15-21-11-5-3-6-12-21/h3-14,16,18,20,30H,15,17H2,1-2H3/b24-18-. The molecule has 0 bridgehead atoms. The highest BCUT2D eigenvalue weighted by Gasteiger charge is 2.32. The number of hydrogen-bond acceptors (Lipinski definition) is 6. The lowest BCUT2D eigenvalue weighted by molar-refractivity contribution is -0.122. The van der Waals surface area contributed by atoms with Crippen molar-refractivity contribution in [2.45, 2.75) is 26.3 Å². The molecule has 1 N–H and O–H groups in total. The number of anilines is 1. The van der Waals surface area contributed by atoms with Gasteiger partial charge in [0.15, 0.2) is 0 Å². The minimum Gasteiger partial charge on any atom is -0.363 e. The molecule has 2 aromatic carbocycles. The topological polar surface area (TPSA) is 66.7 Å². The Morgan fingerprint density at radius 3 is 2.46 bits per heavy atom. The molecule has 0 saturated carbocycles. The van der Waals surface area contributed by atoms with E-state index in [1.165, 1.54) is 16.2 Å². The summed E-state index contributed by atoms with van der Waals surface area (Å²) in [5, 5.41) is 3.41. The van der Waals surface area contributed by atoms with Gasteiger partial charge < -0.3 is 5.32 Å². The molecule has 1 atom stereocenters. The molecule has 0 aliphatic carbocycles. The van der Waals surface area contributed by atoms with Crippen molar-refractivity contribution >= 4 is 51.7 Å². The largest absolute Gasteiger partial charge is 0.363 e. The number of thiocarbonyl (C=S) groups is 1. The number of nitrogens with zero attached hydrogens (tertiary/aromatic N) is 3. The van der Waals surface area contributed by atoms with Gasteiger partial charge in [-0.15, -0.1) is 0 Å². The molecular formula is C29H26N4O2S2. The van der Waals surface area contributed by atoms with Crippen LogP contribution in [0.4, 0.5) is 5.82 Å². The maximum atomic E-state index is 13.7. The molecule has 186 valence electrons. The summed E-state index contributed by atoms with van der Waals surface area (Å²) in [6, 6.07) is 23.6. The molecule has 2 aromatic heterocycles. The average molecular weight is 527 g/mol. The Balaban J connectivity index is 1.51. The Morgan fingerprint density at radius 2 is 1.73 bits per heavy atom. The summed E-state index contributed by atoms with van der Waals surface area (Å²) in [7, 11) is 0. The zero-order chi connectivity index (χ0) is 25.9. The number of nitrogens with one attached hydrogen (secondary N) is 1. The quantitative estimate of drug-likeness (QED) is 0.249. The van der Waals surface area contributed by atoms with Gasteiger partial charge in [0.2, 0.25) is 0 Å². The van der Waals surface area contributed by atoms with Crippen molar-refractivity contribution < 1.29 is 4.79 Å². The Hall–Kier alpha value is -3.75. The van der Waals surface area contributed by atoms with E-state index in [-0.39, 0.29) is 17.5 Å². The number of aromatic nitrogens is 2. The first-order valence-corrected chi connectivity index (χ1v) is 13.3. The van der Waals surface area contributed by atoms with Gasteiger partial charge in [-0.2, -0.15) is 0 Å². The van der Waals surface area contributed by atoms with E-state index < -0.39 is 0 Å². The molecule has 1 amide bonds. The second-order valence-electron chi connectivity index (χ2n) is 8.91. The zero-order valence-corrected chi connectivity index (χ0v) is 22.2. The molecule has 8 heteroatoms. The number of aryl methyl sites for hydroxylation is 1. The van der Waals surface area contributed by atoms with E-state index in [9.17, 15) is 9.59 Å². The van der Waals surface area contributed by atoms with Gasteiger partial charge in [-0.25, -0.2) is 4.98 Å². The highest BCUT2D eigenvalue weighted by atomic mass is 32.2. The van der Waals surface area contributed by atoms with Crippen LogP contribution in [0.25, 0.3) is 11.7 Å². The van der Waals surface area contributed by atoms with E-state index in [1.54, 1.807) is 17.2 Å². The highest BCUT2D eigenvalue weighted by Crippen LogP contribution is 2.33. The molecule has 1 saturated heterocycles. The van der Waals surface area contributed by atoms with Gasteiger partial charge >= 0.3 is 0 Å².